The third-order valence-corrected chi connectivity index (χ3v) is 3.18. The van der Waals surface area contributed by atoms with E-state index < -0.39 is 11.9 Å². The second-order valence-electron chi connectivity index (χ2n) is 4.71. The molecule has 6 heteroatoms. The minimum absolute atomic E-state index is 0.0445. The number of phenolic OH excluding ortho intramolecular Hbond substituents is 1. The van der Waals surface area contributed by atoms with Crippen LogP contribution in [0.5, 0.6) is 5.75 Å². The summed E-state index contributed by atoms with van der Waals surface area (Å²) in [5.74, 6) is -0.0445. The second-order valence-corrected chi connectivity index (χ2v) is 4.71. The zero-order valence-corrected chi connectivity index (χ0v) is 11.2. The maximum absolute atomic E-state index is 13.0. The van der Waals surface area contributed by atoms with Crippen LogP contribution in [-0.4, -0.2) is 10.1 Å². The zero-order valence-electron chi connectivity index (χ0n) is 11.2. The van der Waals surface area contributed by atoms with Crippen LogP contribution in [0.2, 0.25) is 0 Å². The SMILES string of the molecule is Oc1ccccc1Nc1cc(C(F)(F)F)nc2ccccc12. The lowest BCUT2D eigenvalue weighted by atomic mass is 10.1. The van der Waals surface area contributed by atoms with Gasteiger partial charge in [-0.3, -0.25) is 0 Å². The maximum atomic E-state index is 13.0. The standard InChI is InChI=1S/C16H11F3N2O/c17-16(18,19)15-9-13(10-5-1-2-6-11(10)21-15)20-12-7-3-4-8-14(12)22/h1-9,22H,(H,20,21). The Morgan fingerprint density at radius 2 is 1.59 bits per heavy atom. The Morgan fingerprint density at radius 1 is 0.909 bits per heavy atom. The Balaban J connectivity index is 2.17. The lowest BCUT2D eigenvalue weighted by molar-refractivity contribution is -0.140. The van der Waals surface area contributed by atoms with Crippen molar-refractivity contribution in [1.29, 1.82) is 0 Å². The van der Waals surface area contributed by atoms with Crippen LogP contribution in [0.15, 0.2) is 54.6 Å². The molecule has 0 aliphatic heterocycles. The van der Waals surface area contributed by atoms with E-state index in [-0.39, 0.29) is 17.0 Å². The van der Waals surface area contributed by atoms with Crippen LogP contribution in [0.3, 0.4) is 0 Å². The Morgan fingerprint density at radius 3 is 2.32 bits per heavy atom. The second kappa shape index (κ2) is 5.22. The summed E-state index contributed by atoms with van der Waals surface area (Å²) in [5, 5.41) is 13.2. The van der Waals surface area contributed by atoms with Gasteiger partial charge in [-0.25, -0.2) is 4.98 Å². The van der Waals surface area contributed by atoms with Gasteiger partial charge in [0, 0.05) is 5.39 Å². The molecule has 0 aliphatic carbocycles. The van der Waals surface area contributed by atoms with E-state index in [1.54, 1.807) is 36.4 Å². The number of halogens is 3. The summed E-state index contributed by atoms with van der Waals surface area (Å²) in [5.41, 5.74) is -0.189. The Hall–Kier alpha value is -2.76. The van der Waals surface area contributed by atoms with Gasteiger partial charge in [0.05, 0.1) is 16.9 Å². The molecule has 0 radical (unpaired) electrons. The van der Waals surface area contributed by atoms with Crippen LogP contribution in [0, 0.1) is 0 Å². The van der Waals surface area contributed by atoms with Crippen molar-refractivity contribution in [2.24, 2.45) is 0 Å². The summed E-state index contributed by atoms with van der Waals surface area (Å²) in [6.45, 7) is 0. The van der Waals surface area contributed by atoms with Crippen LogP contribution in [0.25, 0.3) is 10.9 Å². The number of rotatable bonds is 2. The van der Waals surface area contributed by atoms with Crippen LogP contribution in [0.4, 0.5) is 24.5 Å². The number of nitrogens with one attached hydrogen (secondary N) is 1. The molecule has 2 aromatic carbocycles. The molecule has 0 bridgehead atoms. The largest absolute Gasteiger partial charge is 0.506 e. The van der Waals surface area contributed by atoms with Crippen LogP contribution >= 0.6 is 0 Å². The van der Waals surface area contributed by atoms with E-state index in [9.17, 15) is 18.3 Å². The number of benzene rings is 2. The number of nitrogens with zero attached hydrogens (tertiary/aromatic N) is 1. The number of pyridine rings is 1. The molecule has 0 fully saturated rings. The van der Waals surface area contributed by atoms with E-state index in [0.717, 1.165) is 6.07 Å². The molecule has 3 nitrogen and oxygen atoms in total. The van der Waals surface area contributed by atoms with Gasteiger partial charge < -0.3 is 10.4 Å². The number of alkyl halides is 3. The molecule has 3 aromatic rings. The van der Waals surface area contributed by atoms with Crippen molar-refractivity contribution < 1.29 is 18.3 Å². The van der Waals surface area contributed by atoms with Gasteiger partial charge in [-0.2, -0.15) is 13.2 Å². The fraction of sp³-hybridized carbons (Fsp3) is 0.0625. The Bertz CT molecular complexity index is 831. The van der Waals surface area contributed by atoms with Crippen molar-refractivity contribution in [3.8, 4) is 5.75 Å². The quantitative estimate of drug-likeness (QED) is 0.674. The molecule has 0 saturated carbocycles. The molecule has 1 heterocycles. The zero-order chi connectivity index (χ0) is 15.7. The lowest BCUT2D eigenvalue weighted by Crippen LogP contribution is -2.09. The van der Waals surface area contributed by atoms with Gasteiger partial charge in [0.15, 0.2) is 0 Å². The van der Waals surface area contributed by atoms with E-state index >= 15 is 0 Å². The topological polar surface area (TPSA) is 45.1 Å². The number of para-hydroxylation sites is 3. The third-order valence-electron chi connectivity index (χ3n) is 3.18. The summed E-state index contributed by atoms with van der Waals surface area (Å²) in [6, 6.07) is 13.8. The number of hydrogen-bond donors (Lipinski definition) is 2. The van der Waals surface area contributed by atoms with Gasteiger partial charge in [-0.05, 0) is 24.3 Å². The number of aromatic hydroxyl groups is 1. The normalized spacial score (nSPS) is 11.6. The fourth-order valence-electron chi connectivity index (χ4n) is 2.15. The van der Waals surface area contributed by atoms with Crippen molar-refractivity contribution in [1.82, 2.24) is 4.98 Å². The highest BCUT2D eigenvalue weighted by Crippen LogP contribution is 2.35. The average molecular weight is 304 g/mol. The number of aromatic nitrogens is 1. The van der Waals surface area contributed by atoms with E-state index in [0.29, 0.717) is 11.1 Å². The molecular formula is C16H11F3N2O. The molecule has 0 atom stereocenters. The van der Waals surface area contributed by atoms with Gasteiger partial charge in [0.25, 0.3) is 0 Å². The number of phenols is 1. The molecule has 0 unspecified atom stereocenters. The van der Waals surface area contributed by atoms with E-state index in [1.165, 1.54) is 12.1 Å². The summed E-state index contributed by atoms with van der Waals surface area (Å²) in [6.07, 6.45) is -4.54. The highest BCUT2D eigenvalue weighted by atomic mass is 19.4. The number of fused-ring (bicyclic) bond motifs is 1. The lowest BCUT2D eigenvalue weighted by Gasteiger charge is -2.14. The van der Waals surface area contributed by atoms with E-state index in [1.807, 2.05) is 0 Å². The highest BCUT2D eigenvalue weighted by molar-refractivity contribution is 5.93. The molecule has 3 rings (SSSR count). The molecule has 0 aliphatic rings. The van der Waals surface area contributed by atoms with Crippen LogP contribution in [0.1, 0.15) is 5.69 Å². The highest BCUT2D eigenvalue weighted by Gasteiger charge is 2.33. The van der Waals surface area contributed by atoms with Crippen molar-refractivity contribution in [2.75, 3.05) is 5.32 Å². The van der Waals surface area contributed by atoms with Crippen LogP contribution in [-0.2, 0) is 6.18 Å². The van der Waals surface area contributed by atoms with Crippen LogP contribution < -0.4 is 5.32 Å². The average Bonchev–Trinajstić information content (AvgIpc) is 2.48. The minimum atomic E-state index is -4.54. The van der Waals surface area contributed by atoms with Crippen molar-refractivity contribution in [3.05, 3.63) is 60.3 Å². The van der Waals surface area contributed by atoms with E-state index in [2.05, 4.69) is 10.3 Å². The summed E-state index contributed by atoms with van der Waals surface area (Å²) >= 11 is 0. The first kappa shape index (κ1) is 14.2. The monoisotopic (exact) mass is 304 g/mol. The van der Waals surface area contributed by atoms with Gasteiger partial charge in [-0.1, -0.05) is 30.3 Å². The number of hydrogen-bond acceptors (Lipinski definition) is 3. The van der Waals surface area contributed by atoms with Crippen molar-refractivity contribution >= 4 is 22.3 Å². The van der Waals surface area contributed by atoms with Crippen molar-refractivity contribution in [3.63, 3.8) is 0 Å². The van der Waals surface area contributed by atoms with Gasteiger partial charge in [0.2, 0.25) is 0 Å². The molecule has 0 spiro atoms. The summed E-state index contributed by atoms with van der Waals surface area (Å²) < 4.78 is 38.9. The summed E-state index contributed by atoms with van der Waals surface area (Å²) in [4.78, 5) is 3.64. The third kappa shape index (κ3) is 2.67. The van der Waals surface area contributed by atoms with Gasteiger partial charge in [0.1, 0.15) is 11.4 Å². The first-order valence-corrected chi connectivity index (χ1v) is 6.47. The molecule has 112 valence electrons. The molecule has 2 N–H and O–H groups in total. The first-order chi connectivity index (χ1) is 10.4. The predicted octanol–water partition coefficient (Wildman–Crippen LogP) is 4.70. The van der Waals surface area contributed by atoms with E-state index in [4.69, 9.17) is 0 Å². The molecule has 0 amide bonds. The smallest absolute Gasteiger partial charge is 0.433 e. The Labute approximate surface area is 124 Å². The van der Waals surface area contributed by atoms with Crippen molar-refractivity contribution in [2.45, 2.75) is 6.18 Å². The van der Waals surface area contributed by atoms with Gasteiger partial charge in [-0.15, -0.1) is 0 Å². The number of anilines is 2. The molecule has 1 aromatic heterocycles. The fourth-order valence-corrected chi connectivity index (χ4v) is 2.15. The Kier molecular flexibility index (Phi) is 3.36. The van der Waals surface area contributed by atoms with Gasteiger partial charge >= 0.3 is 6.18 Å². The summed E-state index contributed by atoms with van der Waals surface area (Å²) in [7, 11) is 0. The molecular weight excluding hydrogens is 293 g/mol. The first-order valence-electron chi connectivity index (χ1n) is 6.47. The maximum Gasteiger partial charge on any atom is 0.433 e. The predicted molar refractivity (Wildman–Crippen MR) is 78.1 cm³/mol. The molecule has 22 heavy (non-hydrogen) atoms. The molecule has 0 saturated heterocycles. The minimum Gasteiger partial charge on any atom is -0.506 e.